The van der Waals surface area contributed by atoms with Crippen molar-refractivity contribution >= 4 is 32.5 Å². The molecule has 3 N–H and O–H groups in total. The summed E-state index contributed by atoms with van der Waals surface area (Å²) >= 11 is 1.15. The first-order valence-electron chi connectivity index (χ1n) is 5.05. The Morgan fingerprint density at radius 3 is 2.68 bits per heavy atom. The highest BCUT2D eigenvalue weighted by molar-refractivity contribution is 7.93. The third-order valence-corrected chi connectivity index (χ3v) is 4.66. The fourth-order valence-electron chi connectivity index (χ4n) is 1.46. The average Bonchev–Trinajstić information content (AvgIpc) is 2.84. The molecule has 2 aromatic rings. The molecule has 10 heteroatoms. The van der Waals surface area contributed by atoms with Crippen LogP contribution in [0.4, 0.5) is 5.13 Å². The Kier molecular flexibility index (Phi) is 3.28. The van der Waals surface area contributed by atoms with Gasteiger partial charge in [0, 0.05) is 11.1 Å². The molecular weight excluding hydrogens is 292 g/mol. The molecule has 0 aromatic carbocycles. The number of carbonyl (C=O) groups is 1. The lowest BCUT2D eigenvalue weighted by Crippen LogP contribution is -2.16. The maximum atomic E-state index is 12.2. The lowest BCUT2D eigenvalue weighted by atomic mass is 10.4. The molecule has 0 bridgehead atoms. The van der Waals surface area contributed by atoms with Crippen LogP contribution in [0.1, 0.15) is 21.1 Å². The molecule has 0 aliphatic carbocycles. The van der Waals surface area contributed by atoms with E-state index in [2.05, 4.69) is 19.9 Å². The zero-order chi connectivity index (χ0) is 14.2. The van der Waals surface area contributed by atoms with Crippen LogP contribution in [0.5, 0.6) is 0 Å². The van der Waals surface area contributed by atoms with E-state index >= 15 is 0 Å². The zero-order valence-corrected chi connectivity index (χ0v) is 11.6. The molecule has 2 rings (SSSR count). The number of nitrogens with one attached hydrogen (secondary N) is 2. The molecule has 0 fully saturated rings. The number of aromatic nitrogens is 3. The van der Waals surface area contributed by atoms with Crippen LogP contribution in [-0.4, -0.2) is 34.7 Å². The normalized spacial score (nSPS) is 11.5. The van der Waals surface area contributed by atoms with Gasteiger partial charge in [-0.05, 0) is 13.8 Å². The fraction of sp³-hybridized carbons (Fsp3) is 0.222. The van der Waals surface area contributed by atoms with E-state index in [0.717, 1.165) is 16.2 Å². The van der Waals surface area contributed by atoms with Gasteiger partial charge in [-0.3, -0.25) is 9.82 Å². The van der Waals surface area contributed by atoms with Crippen LogP contribution < -0.4 is 4.72 Å². The molecule has 2 heterocycles. The van der Waals surface area contributed by atoms with Crippen LogP contribution in [0.3, 0.4) is 0 Å². The molecule has 102 valence electrons. The Labute approximate surface area is 112 Å². The number of nitrogens with zero attached hydrogens (tertiary/aromatic N) is 2. The SMILES string of the molecule is Cc1cnc(NS(=O)(=O)c2c(C(=O)O)n[nH]c2C)s1. The summed E-state index contributed by atoms with van der Waals surface area (Å²) in [5.41, 5.74) is -0.392. The summed E-state index contributed by atoms with van der Waals surface area (Å²) in [6.45, 7) is 3.21. The van der Waals surface area contributed by atoms with Crippen molar-refractivity contribution < 1.29 is 18.3 Å². The quantitative estimate of drug-likeness (QED) is 0.773. The molecule has 8 nitrogen and oxygen atoms in total. The van der Waals surface area contributed by atoms with Crippen LogP contribution in [0, 0.1) is 13.8 Å². The van der Waals surface area contributed by atoms with Crippen LogP contribution in [0.2, 0.25) is 0 Å². The second-order valence-corrected chi connectivity index (χ2v) is 6.57. The van der Waals surface area contributed by atoms with Gasteiger partial charge in [0.05, 0.1) is 5.69 Å². The molecule has 19 heavy (non-hydrogen) atoms. The first-order valence-corrected chi connectivity index (χ1v) is 7.34. The molecule has 0 aliphatic rings. The molecule has 0 spiro atoms. The Bertz CT molecular complexity index is 731. The predicted octanol–water partition coefficient (Wildman–Crippen LogP) is 0.982. The average molecular weight is 302 g/mol. The molecule has 0 atom stereocenters. The molecular formula is C9H10N4O4S2. The predicted molar refractivity (Wildman–Crippen MR) is 67.9 cm³/mol. The largest absolute Gasteiger partial charge is 0.476 e. The van der Waals surface area contributed by atoms with E-state index in [1.165, 1.54) is 13.1 Å². The summed E-state index contributed by atoms with van der Waals surface area (Å²) in [5, 5.41) is 14.9. The summed E-state index contributed by atoms with van der Waals surface area (Å²) in [6.07, 6.45) is 1.52. The van der Waals surface area contributed by atoms with Crippen molar-refractivity contribution in [2.75, 3.05) is 4.72 Å². The number of carboxylic acid groups (broad SMARTS) is 1. The number of aromatic amines is 1. The van der Waals surface area contributed by atoms with Gasteiger partial charge in [0.2, 0.25) is 0 Å². The lowest BCUT2D eigenvalue weighted by Gasteiger charge is -2.04. The second-order valence-electron chi connectivity index (χ2n) is 3.71. The number of thiazole rings is 1. The van der Waals surface area contributed by atoms with E-state index in [4.69, 9.17) is 5.11 Å². The van der Waals surface area contributed by atoms with Crippen molar-refractivity contribution in [1.29, 1.82) is 0 Å². The Morgan fingerprint density at radius 2 is 2.16 bits per heavy atom. The number of hydrogen-bond donors (Lipinski definition) is 3. The number of rotatable bonds is 4. The van der Waals surface area contributed by atoms with E-state index in [1.54, 1.807) is 6.92 Å². The number of sulfonamides is 1. The number of anilines is 1. The summed E-state index contributed by atoms with van der Waals surface area (Å²) in [7, 11) is -4.04. The summed E-state index contributed by atoms with van der Waals surface area (Å²) in [5.74, 6) is -1.42. The van der Waals surface area contributed by atoms with Crippen molar-refractivity contribution in [3.05, 3.63) is 22.5 Å². The third-order valence-electron chi connectivity index (χ3n) is 2.21. The Morgan fingerprint density at radius 1 is 1.47 bits per heavy atom. The van der Waals surface area contributed by atoms with Crippen LogP contribution >= 0.6 is 11.3 Å². The highest BCUT2D eigenvalue weighted by Crippen LogP contribution is 2.24. The molecule has 0 saturated heterocycles. The fourth-order valence-corrected chi connectivity index (χ4v) is 3.69. The van der Waals surface area contributed by atoms with E-state index in [0.29, 0.717) is 0 Å². The van der Waals surface area contributed by atoms with Crippen molar-refractivity contribution in [3.8, 4) is 0 Å². The molecule has 0 saturated carbocycles. The molecule has 0 unspecified atom stereocenters. The van der Waals surface area contributed by atoms with E-state index < -0.39 is 21.7 Å². The standard InChI is InChI=1S/C9H10N4O4S2/c1-4-3-10-9(18-4)13-19(16,17)7-5(2)11-12-6(7)8(14)15/h3H,1-2H3,(H,10,13)(H,11,12)(H,14,15). The maximum absolute atomic E-state index is 12.2. The van der Waals surface area contributed by atoms with Crippen LogP contribution in [0.25, 0.3) is 0 Å². The minimum atomic E-state index is -4.04. The van der Waals surface area contributed by atoms with Gasteiger partial charge in [-0.15, -0.1) is 11.3 Å². The zero-order valence-electron chi connectivity index (χ0n) is 9.96. The maximum Gasteiger partial charge on any atom is 0.357 e. The minimum absolute atomic E-state index is 0.151. The number of hydrogen-bond acceptors (Lipinski definition) is 6. The second kappa shape index (κ2) is 4.63. The number of H-pyrrole nitrogens is 1. The Hall–Kier alpha value is -1.94. The van der Waals surface area contributed by atoms with Gasteiger partial charge in [-0.25, -0.2) is 18.2 Å². The van der Waals surface area contributed by atoms with Gasteiger partial charge < -0.3 is 5.11 Å². The van der Waals surface area contributed by atoms with Gasteiger partial charge >= 0.3 is 5.97 Å². The van der Waals surface area contributed by atoms with Gasteiger partial charge in [-0.2, -0.15) is 5.10 Å². The summed E-state index contributed by atoms with van der Waals surface area (Å²) < 4.78 is 26.5. The molecule has 0 radical (unpaired) electrons. The van der Waals surface area contributed by atoms with E-state index in [1.807, 2.05) is 0 Å². The topological polar surface area (TPSA) is 125 Å². The third kappa shape index (κ3) is 2.58. The lowest BCUT2D eigenvalue weighted by molar-refractivity contribution is 0.0686. The first kappa shape index (κ1) is 13.5. The van der Waals surface area contributed by atoms with Gasteiger partial charge in [0.25, 0.3) is 10.0 Å². The van der Waals surface area contributed by atoms with E-state index in [9.17, 15) is 13.2 Å². The number of carboxylic acids is 1. The van der Waals surface area contributed by atoms with Crippen molar-refractivity contribution in [2.24, 2.45) is 0 Å². The number of aryl methyl sites for hydroxylation is 2. The molecule has 2 aromatic heterocycles. The van der Waals surface area contributed by atoms with Gasteiger partial charge in [0.15, 0.2) is 10.8 Å². The highest BCUT2D eigenvalue weighted by atomic mass is 32.2. The van der Waals surface area contributed by atoms with Gasteiger partial charge in [0.1, 0.15) is 4.90 Å². The van der Waals surface area contributed by atoms with Crippen LogP contribution in [-0.2, 0) is 10.0 Å². The minimum Gasteiger partial charge on any atom is -0.476 e. The summed E-state index contributed by atoms with van der Waals surface area (Å²) in [4.78, 5) is 15.3. The van der Waals surface area contributed by atoms with Crippen molar-refractivity contribution in [1.82, 2.24) is 15.2 Å². The van der Waals surface area contributed by atoms with Crippen molar-refractivity contribution in [2.45, 2.75) is 18.7 Å². The first-order chi connectivity index (χ1) is 8.81. The summed E-state index contributed by atoms with van der Waals surface area (Å²) in [6, 6.07) is 0. The van der Waals surface area contributed by atoms with Crippen molar-refractivity contribution in [3.63, 3.8) is 0 Å². The Balaban J connectivity index is 2.45. The highest BCUT2D eigenvalue weighted by Gasteiger charge is 2.28. The monoisotopic (exact) mass is 302 g/mol. The molecule has 0 aliphatic heterocycles. The van der Waals surface area contributed by atoms with Gasteiger partial charge in [-0.1, -0.05) is 0 Å². The number of aromatic carboxylic acids is 1. The van der Waals surface area contributed by atoms with E-state index in [-0.39, 0.29) is 15.7 Å². The smallest absolute Gasteiger partial charge is 0.357 e. The molecule has 0 amide bonds. The van der Waals surface area contributed by atoms with Crippen LogP contribution in [0.15, 0.2) is 11.1 Å².